The molecular weight excluding hydrogens is 202 g/mol. The summed E-state index contributed by atoms with van der Waals surface area (Å²) in [5.41, 5.74) is -0.428. The summed E-state index contributed by atoms with van der Waals surface area (Å²) >= 11 is 0. The molecule has 0 spiro atoms. The summed E-state index contributed by atoms with van der Waals surface area (Å²) in [6.45, 7) is 3.85. The van der Waals surface area contributed by atoms with Gasteiger partial charge in [-0.25, -0.2) is 0 Å². The minimum atomic E-state index is -0.428. The van der Waals surface area contributed by atoms with Crippen LogP contribution in [-0.4, -0.2) is 35.1 Å². The number of hydrogen-bond acceptors (Lipinski definition) is 2. The molecule has 2 atom stereocenters. The van der Waals surface area contributed by atoms with Crippen molar-refractivity contribution < 1.29 is 9.90 Å². The lowest BCUT2D eigenvalue weighted by Gasteiger charge is -2.34. The van der Waals surface area contributed by atoms with Gasteiger partial charge in [-0.15, -0.1) is 0 Å². The summed E-state index contributed by atoms with van der Waals surface area (Å²) in [4.78, 5) is 14.0. The first kappa shape index (κ1) is 11.9. The second kappa shape index (κ2) is 4.02. The second-order valence-corrected chi connectivity index (χ2v) is 6.01. The van der Waals surface area contributed by atoms with Crippen LogP contribution in [0.2, 0.25) is 0 Å². The van der Waals surface area contributed by atoms with Crippen molar-refractivity contribution in [3.63, 3.8) is 0 Å². The maximum atomic E-state index is 12.3. The molecule has 1 amide bonds. The van der Waals surface area contributed by atoms with Crippen molar-refractivity contribution in [2.45, 2.75) is 45.1 Å². The third kappa shape index (κ3) is 1.86. The molecule has 0 heterocycles. The molecule has 0 aromatic carbocycles. The van der Waals surface area contributed by atoms with Crippen LogP contribution in [0.25, 0.3) is 0 Å². The van der Waals surface area contributed by atoms with Crippen molar-refractivity contribution >= 4 is 5.91 Å². The minimum Gasteiger partial charge on any atom is -0.394 e. The molecule has 0 bridgehead atoms. The van der Waals surface area contributed by atoms with Crippen molar-refractivity contribution in [1.29, 1.82) is 0 Å². The van der Waals surface area contributed by atoms with Crippen LogP contribution in [0.4, 0.5) is 0 Å². The highest BCUT2D eigenvalue weighted by Crippen LogP contribution is 2.56. The van der Waals surface area contributed by atoms with E-state index in [0.29, 0.717) is 11.8 Å². The Morgan fingerprint density at radius 1 is 1.31 bits per heavy atom. The Morgan fingerprint density at radius 2 is 1.81 bits per heavy atom. The lowest BCUT2D eigenvalue weighted by Crippen LogP contribution is -2.48. The molecule has 2 unspecified atom stereocenters. The van der Waals surface area contributed by atoms with Crippen LogP contribution < -0.4 is 0 Å². The van der Waals surface area contributed by atoms with Gasteiger partial charge in [-0.05, 0) is 38.5 Å². The van der Waals surface area contributed by atoms with Gasteiger partial charge in [-0.1, -0.05) is 12.8 Å². The molecule has 0 aromatic rings. The molecule has 2 saturated carbocycles. The highest BCUT2D eigenvalue weighted by molar-refractivity contribution is 5.82. The lowest BCUT2D eigenvalue weighted by molar-refractivity contribution is -0.138. The largest absolute Gasteiger partial charge is 0.394 e. The highest BCUT2D eigenvalue weighted by Gasteiger charge is 2.56. The molecule has 1 N–H and O–H groups in total. The van der Waals surface area contributed by atoms with Crippen LogP contribution in [-0.2, 0) is 4.79 Å². The molecule has 3 heteroatoms. The molecule has 2 rings (SSSR count). The van der Waals surface area contributed by atoms with Gasteiger partial charge in [0, 0.05) is 13.0 Å². The standard InChI is InChI=1S/C13H23NO2/c1-13(2,8-15)14(3)12(16)11-9-6-4-5-7-10(9)11/h9-11,15H,4-8H2,1-3H3. The zero-order chi connectivity index (χ0) is 11.9. The number of carbonyl (C=O) groups is 1. The van der Waals surface area contributed by atoms with Crippen LogP contribution in [0, 0.1) is 17.8 Å². The fourth-order valence-corrected chi connectivity index (χ4v) is 2.99. The molecule has 0 saturated heterocycles. The summed E-state index contributed by atoms with van der Waals surface area (Å²) in [6, 6.07) is 0. The summed E-state index contributed by atoms with van der Waals surface area (Å²) in [7, 11) is 1.82. The number of amides is 1. The SMILES string of the molecule is CN(C(=O)C1C2CCCCC21)C(C)(C)CO. The number of carbonyl (C=O) groups excluding carboxylic acids is 1. The lowest BCUT2D eigenvalue weighted by atomic mass is 10.0. The van der Waals surface area contributed by atoms with Crippen LogP contribution in [0.5, 0.6) is 0 Å². The monoisotopic (exact) mass is 225 g/mol. The van der Waals surface area contributed by atoms with Crippen molar-refractivity contribution in [1.82, 2.24) is 4.90 Å². The van der Waals surface area contributed by atoms with E-state index in [0.717, 1.165) is 0 Å². The predicted octanol–water partition coefficient (Wildman–Crippen LogP) is 1.65. The number of aliphatic hydroxyl groups excluding tert-OH is 1. The van der Waals surface area contributed by atoms with E-state index in [1.165, 1.54) is 25.7 Å². The third-order valence-electron chi connectivity index (χ3n) is 4.57. The molecular formula is C13H23NO2. The van der Waals surface area contributed by atoms with Crippen LogP contribution >= 0.6 is 0 Å². The van der Waals surface area contributed by atoms with E-state index in [9.17, 15) is 9.90 Å². The van der Waals surface area contributed by atoms with Gasteiger partial charge in [0.05, 0.1) is 12.1 Å². The minimum absolute atomic E-state index is 0.0251. The van der Waals surface area contributed by atoms with E-state index in [1.54, 1.807) is 4.90 Å². The first-order valence-corrected chi connectivity index (χ1v) is 6.37. The van der Waals surface area contributed by atoms with Crippen molar-refractivity contribution in [2.24, 2.45) is 17.8 Å². The van der Waals surface area contributed by atoms with Crippen molar-refractivity contribution in [2.75, 3.05) is 13.7 Å². The fraction of sp³-hybridized carbons (Fsp3) is 0.923. The molecule has 16 heavy (non-hydrogen) atoms. The van der Waals surface area contributed by atoms with Gasteiger partial charge in [0.1, 0.15) is 0 Å². The van der Waals surface area contributed by atoms with Gasteiger partial charge in [-0.2, -0.15) is 0 Å². The summed E-state index contributed by atoms with van der Waals surface area (Å²) in [5, 5.41) is 9.28. The van der Waals surface area contributed by atoms with Gasteiger partial charge in [-0.3, -0.25) is 4.79 Å². The average Bonchev–Trinajstić information content (AvgIpc) is 3.01. The quantitative estimate of drug-likeness (QED) is 0.793. The van der Waals surface area contributed by atoms with Gasteiger partial charge in [0.15, 0.2) is 0 Å². The Kier molecular flexibility index (Phi) is 2.99. The maximum Gasteiger partial charge on any atom is 0.226 e. The maximum absolute atomic E-state index is 12.3. The number of likely N-dealkylation sites (N-methyl/N-ethyl adjacent to an activating group) is 1. The molecule has 92 valence electrons. The van der Waals surface area contributed by atoms with Crippen molar-refractivity contribution in [3.05, 3.63) is 0 Å². The van der Waals surface area contributed by atoms with E-state index in [4.69, 9.17) is 0 Å². The first-order chi connectivity index (χ1) is 7.49. The van der Waals surface area contributed by atoms with E-state index < -0.39 is 5.54 Å². The third-order valence-corrected chi connectivity index (χ3v) is 4.57. The summed E-state index contributed by atoms with van der Waals surface area (Å²) in [5.74, 6) is 1.81. The summed E-state index contributed by atoms with van der Waals surface area (Å²) < 4.78 is 0. The summed E-state index contributed by atoms with van der Waals surface area (Å²) in [6.07, 6.45) is 5.04. The van der Waals surface area contributed by atoms with Gasteiger partial charge >= 0.3 is 0 Å². The topological polar surface area (TPSA) is 40.5 Å². The van der Waals surface area contributed by atoms with Gasteiger partial charge in [0.25, 0.3) is 0 Å². The normalized spacial score (nSPS) is 33.1. The predicted molar refractivity (Wildman–Crippen MR) is 62.9 cm³/mol. The number of rotatable bonds is 3. The Labute approximate surface area is 97.8 Å². The Hall–Kier alpha value is -0.570. The zero-order valence-corrected chi connectivity index (χ0v) is 10.6. The van der Waals surface area contributed by atoms with Crippen LogP contribution in [0.15, 0.2) is 0 Å². The fourth-order valence-electron chi connectivity index (χ4n) is 2.99. The zero-order valence-electron chi connectivity index (χ0n) is 10.6. The Morgan fingerprint density at radius 3 is 2.25 bits per heavy atom. The van der Waals surface area contributed by atoms with E-state index >= 15 is 0 Å². The highest BCUT2D eigenvalue weighted by atomic mass is 16.3. The van der Waals surface area contributed by atoms with E-state index in [-0.39, 0.29) is 18.4 Å². The number of nitrogens with zero attached hydrogens (tertiary/aromatic N) is 1. The van der Waals surface area contributed by atoms with Gasteiger partial charge < -0.3 is 10.0 Å². The molecule has 2 aliphatic carbocycles. The number of hydrogen-bond donors (Lipinski definition) is 1. The van der Waals surface area contributed by atoms with E-state index in [2.05, 4.69) is 0 Å². The van der Waals surface area contributed by atoms with Crippen LogP contribution in [0.3, 0.4) is 0 Å². The Bertz CT molecular complexity index is 276. The molecule has 2 aliphatic rings. The first-order valence-electron chi connectivity index (χ1n) is 6.37. The molecule has 0 aliphatic heterocycles. The van der Waals surface area contributed by atoms with Gasteiger partial charge in [0.2, 0.25) is 5.91 Å². The number of aliphatic hydroxyl groups is 1. The molecule has 0 aromatic heterocycles. The van der Waals surface area contributed by atoms with E-state index in [1.807, 2.05) is 20.9 Å². The van der Waals surface area contributed by atoms with Crippen molar-refractivity contribution in [3.8, 4) is 0 Å². The molecule has 0 radical (unpaired) electrons. The smallest absolute Gasteiger partial charge is 0.226 e. The number of fused-ring (bicyclic) bond motifs is 1. The molecule has 2 fully saturated rings. The van der Waals surface area contributed by atoms with Crippen LogP contribution in [0.1, 0.15) is 39.5 Å². The molecule has 3 nitrogen and oxygen atoms in total. The Balaban J connectivity index is 1.98. The average molecular weight is 225 g/mol. The second-order valence-electron chi connectivity index (χ2n) is 6.01.